The third-order valence-corrected chi connectivity index (χ3v) is 3.80. The zero-order valence-electron chi connectivity index (χ0n) is 10.0. The van der Waals surface area contributed by atoms with Crippen LogP contribution in [0.15, 0.2) is 0 Å². The summed E-state index contributed by atoms with van der Waals surface area (Å²) >= 11 is 0. The number of hydrogen-bond acceptors (Lipinski definition) is 6. The highest BCUT2D eigenvalue weighted by Gasteiger charge is 2.64. The van der Waals surface area contributed by atoms with Crippen LogP contribution in [0.5, 0.6) is 0 Å². The first kappa shape index (κ1) is 11.4. The van der Waals surface area contributed by atoms with Gasteiger partial charge in [-0.2, -0.15) is 0 Å². The van der Waals surface area contributed by atoms with Gasteiger partial charge >= 0.3 is 5.97 Å². The van der Waals surface area contributed by atoms with Crippen LogP contribution in [0, 0.1) is 5.92 Å². The molecule has 3 heterocycles. The van der Waals surface area contributed by atoms with Gasteiger partial charge in [-0.25, -0.2) is 0 Å². The van der Waals surface area contributed by atoms with E-state index in [9.17, 15) is 4.79 Å². The van der Waals surface area contributed by atoms with Crippen LogP contribution in [0.25, 0.3) is 0 Å². The van der Waals surface area contributed by atoms with Crippen molar-refractivity contribution >= 4 is 5.97 Å². The van der Waals surface area contributed by atoms with E-state index in [1.54, 1.807) is 6.92 Å². The number of rotatable bonds is 2. The van der Waals surface area contributed by atoms with Gasteiger partial charge in [-0.05, 0) is 6.42 Å². The maximum atomic E-state index is 11.6. The molecule has 3 rings (SSSR count). The van der Waals surface area contributed by atoms with Crippen molar-refractivity contribution < 1.29 is 28.5 Å². The topological polar surface area (TPSA) is 63.2 Å². The molecule has 3 aliphatic heterocycles. The molecule has 0 radical (unpaired) electrons. The Hall–Kier alpha value is -0.690. The van der Waals surface area contributed by atoms with E-state index in [1.165, 1.54) is 14.2 Å². The summed E-state index contributed by atoms with van der Waals surface area (Å²) < 4.78 is 27.0. The van der Waals surface area contributed by atoms with Crippen LogP contribution in [0.3, 0.4) is 0 Å². The van der Waals surface area contributed by atoms with Gasteiger partial charge in [-0.15, -0.1) is 0 Å². The molecule has 17 heavy (non-hydrogen) atoms. The standard InChI is InChI=1S/C11H16O6/c1-11(14-3)16-8-6-4-5(10(12)13-2)7(15-6)9(8)17-11/h5-9H,4H2,1-3H3/t5?,6?,7-,8?,9+,11?/m0/s1. The highest BCUT2D eigenvalue weighted by molar-refractivity contribution is 5.74. The summed E-state index contributed by atoms with van der Waals surface area (Å²) in [5.74, 6) is -1.53. The van der Waals surface area contributed by atoms with Crippen molar-refractivity contribution in [2.45, 2.75) is 43.7 Å². The fraction of sp³-hybridized carbons (Fsp3) is 0.909. The molecule has 3 saturated heterocycles. The molecule has 6 heteroatoms. The summed E-state index contributed by atoms with van der Waals surface area (Å²) in [5.41, 5.74) is 0. The first-order chi connectivity index (χ1) is 8.08. The van der Waals surface area contributed by atoms with Gasteiger partial charge < -0.3 is 23.7 Å². The van der Waals surface area contributed by atoms with Crippen molar-refractivity contribution in [2.75, 3.05) is 14.2 Å². The van der Waals surface area contributed by atoms with Crippen LogP contribution in [0.4, 0.5) is 0 Å². The lowest BCUT2D eigenvalue weighted by Crippen LogP contribution is -2.42. The molecule has 6 atom stereocenters. The van der Waals surface area contributed by atoms with Crippen molar-refractivity contribution in [3.8, 4) is 0 Å². The monoisotopic (exact) mass is 244 g/mol. The molecular formula is C11H16O6. The number of methoxy groups -OCH3 is 2. The van der Waals surface area contributed by atoms with Crippen molar-refractivity contribution in [1.82, 2.24) is 0 Å². The van der Waals surface area contributed by atoms with Gasteiger partial charge in [0.2, 0.25) is 0 Å². The maximum absolute atomic E-state index is 11.6. The second kappa shape index (κ2) is 3.65. The first-order valence-electron chi connectivity index (χ1n) is 5.72. The number of ether oxygens (including phenoxy) is 5. The number of esters is 1. The molecule has 3 aliphatic rings. The number of carbonyl (C=O) groups excluding carboxylic acids is 1. The largest absolute Gasteiger partial charge is 0.469 e. The normalized spacial score (nSPS) is 51.6. The Balaban J connectivity index is 1.78. The second-order valence-corrected chi connectivity index (χ2v) is 4.74. The lowest BCUT2D eigenvalue weighted by molar-refractivity contribution is -0.329. The molecule has 3 fully saturated rings. The predicted octanol–water partition coefficient (Wildman–Crippen LogP) is 0.0508. The van der Waals surface area contributed by atoms with Crippen molar-refractivity contribution in [3.05, 3.63) is 0 Å². The Kier molecular flexibility index (Phi) is 2.45. The predicted molar refractivity (Wildman–Crippen MR) is 53.9 cm³/mol. The Morgan fingerprint density at radius 2 is 1.94 bits per heavy atom. The van der Waals surface area contributed by atoms with Crippen LogP contribution in [0.2, 0.25) is 0 Å². The molecule has 0 aromatic carbocycles. The molecule has 0 aromatic heterocycles. The molecule has 0 amide bonds. The molecule has 6 nitrogen and oxygen atoms in total. The summed E-state index contributed by atoms with van der Waals surface area (Å²) in [6.45, 7) is 1.72. The van der Waals surface area contributed by atoms with Crippen LogP contribution in [0.1, 0.15) is 13.3 Å². The zero-order chi connectivity index (χ0) is 12.2. The van der Waals surface area contributed by atoms with Gasteiger partial charge in [-0.3, -0.25) is 4.79 Å². The van der Waals surface area contributed by atoms with Crippen molar-refractivity contribution in [3.63, 3.8) is 0 Å². The number of carbonyl (C=O) groups is 1. The van der Waals surface area contributed by atoms with Gasteiger partial charge in [0.1, 0.15) is 18.3 Å². The quantitative estimate of drug-likeness (QED) is 0.640. The minimum atomic E-state index is -1.03. The summed E-state index contributed by atoms with van der Waals surface area (Å²) in [4.78, 5) is 11.6. The van der Waals surface area contributed by atoms with E-state index >= 15 is 0 Å². The molecule has 2 bridgehead atoms. The Morgan fingerprint density at radius 1 is 1.24 bits per heavy atom. The van der Waals surface area contributed by atoms with E-state index in [0.717, 1.165) is 0 Å². The van der Waals surface area contributed by atoms with Crippen molar-refractivity contribution in [2.24, 2.45) is 5.92 Å². The zero-order valence-corrected chi connectivity index (χ0v) is 10.0. The molecule has 0 spiro atoms. The first-order valence-corrected chi connectivity index (χ1v) is 5.72. The fourth-order valence-electron chi connectivity index (χ4n) is 2.93. The lowest BCUT2D eigenvalue weighted by atomic mass is 9.85. The van der Waals surface area contributed by atoms with Gasteiger partial charge in [0.25, 0.3) is 5.97 Å². The summed E-state index contributed by atoms with van der Waals surface area (Å²) in [6, 6.07) is 0. The van der Waals surface area contributed by atoms with Crippen LogP contribution in [-0.2, 0) is 28.5 Å². The molecule has 4 unspecified atom stereocenters. The fourth-order valence-corrected chi connectivity index (χ4v) is 2.93. The van der Waals surface area contributed by atoms with Crippen LogP contribution >= 0.6 is 0 Å². The lowest BCUT2D eigenvalue weighted by Gasteiger charge is -2.24. The van der Waals surface area contributed by atoms with Crippen LogP contribution in [-0.4, -0.2) is 50.6 Å². The Morgan fingerprint density at radius 3 is 2.59 bits per heavy atom. The van der Waals surface area contributed by atoms with E-state index in [0.29, 0.717) is 6.42 Å². The van der Waals surface area contributed by atoms with E-state index in [4.69, 9.17) is 23.7 Å². The molecule has 0 saturated carbocycles. The molecule has 96 valence electrons. The average molecular weight is 244 g/mol. The highest BCUT2D eigenvalue weighted by Crippen LogP contribution is 2.48. The summed E-state index contributed by atoms with van der Waals surface area (Å²) in [7, 11) is 2.92. The van der Waals surface area contributed by atoms with Crippen molar-refractivity contribution in [1.29, 1.82) is 0 Å². The van der Waals surface area contributed by atoms with Crippen LogP contribution < -0.4 is 0 Å². The molecule has 0 aromatic rings. The van der Waals surface area contributed by atoms with Gasteiger partial charge in [0, 0.05) is 14.0 Å². The summed E-state index contributed by atoms with van der Waals surface area (Å²) in [6.07, 6.45) is -0.157. The average Bonchev–Trinajstić information content (AvgIpc) is 2.96. The molecule has 0 aliphatic carbocycles. The molecular weight excluding hydrogens is 228 g/mol. The maximum Gasteiger partial charge on any atom is 0.311 e. The summed E-state index contributed by atoms with van der Waals surface area (Å²) in [5, 5.41) is 0. The third-order valence-electron chi connectivity index (χ3n) is 3.80. The van der Waals surface area contributed by atoms with Gasteiger partial charge in [0.05, 0.1) is 19.1 Å². The Bertz CT molecular complexity index is 345. The smallest absolute Gasteiger partial charge is 0.311 e. The minimum absolute atomic E-state index is 0.105. The number of hydrogen-bond donors (Lipinski definition) is 0. The molecule has 0 N–H and O–H groups in total. The SMILES string of the molecule is COC(=O)C1CC2O[C@@H]1[C@H]1OC(C)(OC)OC21. The highest BCUT2D eigenvalue weighted by atomic mass is 16.9. The van der Waals surface area contributed by atoms with Gasteiger partial charge in [-0.1, -0.05) is 0 Å². The van der Waals surface area contributed by atoms with E-state index in [2.05, 4.69) is 0 Å². The Labute approximate surface area is 99.1 Å². The third kappa shape index (κ3) is 1.52. The van der Waals surface area contributed by atoms with E-state index in [1.807, 2.05) is 0 Å². The van der Waals surface area contributed by atoms with E-state index < -0.39 is 5.97 Å². The minimum Gasteiger partial charge on any atom is -0.469 e. The number of fused-ring (bicyclic) bond motifs is 5. The van der Waals surface area contributed by atoms with E-state index in [-0.39, 0.29) is 36.3 Å². The van der Waals surface area contributed by atoms with Gasteiger partial charge in [0.15, 0.2) is 0 Å². The second-order valence-electron chi connectivity index (χ2n) is 4.74.